The first-order chi connectivity index (χ1) is 10.3. The largest absolute Gasteiger partial charge is 0.352 e. The van der Waals surface area contributed by atoms with Gasteiger partial charge >= 0.3 is 0 Å². The van der Waals surface area contributed by atoms with Crippen LogP contribution in [0, 0.1) is 0 Å². The van der Waals surface area contributed by atoms with Crippen LogP contribution in [0.15, 0.2) is 23.1 Å². The Bertz CT molecular complexity index is 658. The molecular formula is C14H18Cl2N2O3S. The molecule has 22 heavy (non-hydrogen) atoms. The quantitative estimate of drug-likeness (QED) is 0.873. The van der Waals surface area contributed by atoms with Crippen molar-refractivity contribution < 1.29 is 13.2 Å². The summed E-state index contributed by atoms with van der Waals surface area (Å²) in [7, 11) is -2.52. The van der Waals surface area contributed by atoms with Gasteiger partial charge in [-0.15, -0.1) is 0 Å². The minimum Gasteiger partial charge on any atom is -0.352 e. The summed E-state index contributed by atoms with van der Waals surface area (Å²) < 4.78 is 25.9. The fraction of sp³-hybridized carbons (Fsp3) is 0.500. The number of benzene rings is 1. The first-order valence-electron chi connectivity index (χ1n) is 7.01. The minimum atomic E-state index is -3.86. The summed E-state index contributed by atoms with van der Waals surface area (Å²) in [6, 6.07) is 4.36. The minimum absolute atomic E-state index is 0.0763. The van der Waals surface area contributed by atoms with Gasteiger partial charge in [-0.1, -0.05) is 36.0 Å². The molecule has 0 spiro atoms. The predicted octanol–water partition coefficient (Wildman–Crippen LogP) is 2.67. The highest BCUT2D eigenvalue weighted by atomic mass is 35.5. The van der Waals surface area contributed by atoms with Gasteiger partial charge in [0, 0.05) is 18.1 Å². The number of hydrogen-bond donors (Lipinski definition) is 1. The molecule has 8 heteroatoms. The van der Waals surface area contributed by atoms with Crippen LogP contribution in [0.3, 0.4) is 0 Å². The molecule has 1 aliphatic rings. The van der Waals surface area contributed by atoms with Gasteiger partial charge in [0.1, 0.15) is 4.90 Å². The molecule has 0 unspecified atom stereocenters. The number of rotatable bonds is 5. The van der Waals surface area contributed by atoms with Crippen molar-refractivity contribution in [3.63, 3.8) is 0 Å². The maximum atomic E-state index is 12.5. The zero-order valence-electron chi connectivity index (χ0n) is 12.2. The summed E-state index contributed by atoms with van der Waals surface area (Å²) >= 11 is 11.8. The standard InChI is InChI=1S/C14H18Cl2N2O3S/c1-18(9-14(19)17-11-4-2-3-5-11)22(20,21)13-8-10(15)6-7-12(13)16/h6-8,11H,2-5,9H2,1H3,(H,17,19). The number of sulfonamides is 1. The van der Waals surface area contributed by atoms with Gasteiger partial charge in [-0.3, -0.25) is 4.79 Å². The van der Waals surface area contributed by atoms with E-state index in [1.807, 2.05) is 0 Å². The van der Waals surface area contributed by atoms with Crippen molar-refractivity contribution in [1.82, 2.24) is 9.62 Å². The molecule has 5 nitrogen and oxygen atoms in total. The Labute approximate surface area is 140 Å². The number of nitrogens with zero attached hydrogens (tertiary/aromatic N) is 1. The van der Waals surface area contributed by atoms with Crippen LogP contribution < -0.4 is 5.32 Å². The highest BCUT2D eigenvalue weighted by Gasteiger charge is 2.26. The van der Waals surface area contributed by atoms with Crippen molar-refractivity contribution in [2.45, 2.75) is 36.6 Å². The van der Waals surface area contributed by atoms with Crippen LogP contribution in [-0.4, -0.2) is 38.3 Å². The van der Waals surface area contributed by atoms with Gasteiger partial charge < -0.3 is 5.32 Å². The Kier molecular flexibility index (Phi) is 5.71. The lowest BCUT2D eigenvalue weighted by Crippen LogP contribution is -2.41. The summed E-state index contributed by atoms with van der Waals surface area (Å²) in [6.07, 6.45) is 4.08. The number of amides is 1. The van der Waals surface area contributed by atoms with E-state index in [1.54, 1.807) is 0 Å². The van der Waals surface area contributed by atoms with Crippen LogP contribution in [0.4, 0.5) is 0 Å². The predicted molar refractivity (Wildman–Crippen MR) is 86.7 cm³/mol. The van der Waals surface area contributed by atoms with Crippen LogP contribution in [0.25, 0.3) is 0 Å². The van der Waals surface area contributed by atoms with Crippen molar-refractivity contribution in [3.05, 3.63) is 28.2 Å². The average molecular weight is 365 g/mol. The van der Waals surface area contributed by atoms with Crippen molar-refractivity contribution >= 4 is 39.1 Å². The lowest BCUT2D eigenvalue weighted by molar-refractivity contribution is -0.121. The van der Waals surface area contributed by atoms with Crippen LogP contribution in [0.1, 0.15) is 25.7 Å². The molecule has 0 bridgehead atoms. The molecule has 0 aliphatic heterocycles. The molecule has 1 aliphatic carbocycles. The van der Waals surface area contributed by atoms with Gasteiger partial charge in [-0.05, 0) is 31.0 Å². The fourth-order valence-electron chi connectivity index (χ4n) is 2.47. The zero-order chi connectivity index (χ0) is 16.3. The second-order valence-corrected chi connectivity index (χ2v) is 8.24. The lowest BCUT2D eigenvalue weighted by Gasteiger charge is -2.19. The average Bonchev–Trinajstić information content (AvgIpc) is 2.93. The zero-order valence-corrected chi connectivity index (χ0v) is 14.5. The summed E-state index contributed by atoms with van der Waals surface area (Å²) in [4.78, 5) is 11.9. The Morgan fingerprint density at radius 1 is 1.32 bits per heavy atom. The van der Waals surface area contributed by atoms with Crippen LogP contribution in [0.5, 0.6) is 0 Å². The van der Waals surface area contributed by atoms with E-state index in [2.05, 4.69) is 5.32 Å². The molecule has 1 aromatic rings. The van der Waals surface area contributed by atoms with E-state index in [9.17, 15) is 13.2 Å². The third kappa shape index (κ3) is 4.13. The highest BCUT2D eigenvalue weighted by Crippen LogP contribution is 2.27. The molecule has 1 saturated carbocycles. The van der Waals surface area contributed by atoms with Crippen LogP contribution in [0.2, 0.25) is 10.0 Å². The van der Waals surface area contributed by atoms with E-state index in [0.29, 0.717) is 0 Å². The maximum Gasteiger partial charge on any atom is 0.244 e. The molecule has 1 N–H and O–H groups in total. The number of hydrogen-bond acceptors (Lipinski definition) is 3. The second-order valence-electron chi connectivity index (χ2n) is 5.38. The van der Waals surface area contributed by atoms with E-state index in [4.69, 9.17) is 23.2 Å². The van der Waals surface area contributed by atoms with E-state index in [-0.39, 0.29) is 33.4 Å². The van der Waals surface area contributed by atoms with E-state index < -0.39 is 10.0 Å². The summed E-state index contributed by atoms with van der Waals surface area (Å²) in [5, 5.41) is 3.20. The fourth-order valence-corrected chi connectivity index (χ4v) is 4.33. The van der Waals surface area contributed by atoms with Gasteiger partial charge in [-0.2, -0.15) is 4.31 Å². The van der Waals surface area contributed by atoms with Gasteiger partial charge in [0.15, 0.2) is 0 Å². The Hall–Kier alpha value is -0.820. The molecule has 0 radical (unpaired) electrons. The van der Waals surface area contributed by atoms with Gasteiger partial charge in [-0.25, -0.2) is 8.42 Å². The number of nitrogens with one attached hydrogen (secondary N) is 1. The first kappa shape index (κ1) is 17.5. The van der Waals surface area contributed by atoms with Gasteiger partial charge in [0.25, 0.3) is 0 Å². The van der Waals surface area contributed by atoms with E-state index >= 15 is 0 Å². The number of carbonyl (C=O) groups excluding carboxylic acids is 1. The molecule has 122 valence electrons. The number of likely N-dealkylation sites (N-methyl/N-ethyl adjacent to an activating group) is 1. The molecule has 1 fully saturated rings. The van der Waals surface area contributed by atoms with Crippen LogP contribution in [-0.2, 0) is 14.8 Å². The first-order valence-corrected chi connectivity index (χ1v) is 9.21. The third-order valence-electron chi connectivity index (χ3n) is 3.67. The Morgan fingerprint density at radius 2 is 1.95 bits per heavy atom. The van der Waals surface area contributed by atoms with E-state index in [1.165, 1.54) is 25.2 Å². The number of carbonyl (C=O) groups is 1. The molecule has 0 heterocycles. The molecular weight excluding hydrogens is 347 g/mol. The van der Waals surface area contributed by atoms with E-state index in [0.717, 1.165) is 30.0 Å². The summed E-state index contributed by atoms with van der Waals surface area (Å²) in [5.74, 6) is -0.309. The third-order valence-corrected chi connectivity index (χ3v) is 6.19. The summed E-state index contributed by atoms with van der Waals surface area (Å²) in [5.41, 5.74) is 0. The molecule has 1 aromatic carbocycles. The lowest BCUT2D eigenvalue weighted by atomic mass is 10.2. The van der Waals surface area contributed by atoms with Gasteiger partial charge in [0.2, 0.25) is 15.9 Å². The molecule has 1 amide bonds. The molecule has 2 rings (SSSR count). The molecule has 0 atom stereocenters. The second kappa shape index (κ2) is 7.17. The molecule has 0 aromatic heterocycles. The number of halogens is 2. The monoisotopic (exact) mass is 364 g/mol. The smallest absolute Gasteiger partial charge is 0.244 e. The van der Waals surface area contributed by atoms with Crippen LogP contribution >= 0.6 is 23.2 Å². The topological polar surface area (TPSA) is 66.5 Å². The normalized spacial score (nSPS) is 16.2. The Balaban J connectivity index is 2.08. The summed E-state index contributed by atoms with van der Waals surface area (Å²) in [6.45, 7) is -0.248. The van der Waals surface area contributed by atoms with Crippen molar-refractivity contribution in [1.29, 1.82) is 0 Å². The maximum absolute atomic E-state index is 12.5. The van der Waals surface area contributed by atoms with Crippen molar-refractivity contribution in [2.75, 3.05) is 13.6 Å². The van der Waals surface area contributed by atoms with Crippen molar-refractivity contribution in [2.24, 2.45) is 0 Å². The molecule has 0 saturated heterocycles. The van der Waals surface area contributed by atoms with Gasteiger partial charge in [0.05, 0.1) is 11.6 Å². The highest BCUT2D eigenvalue weighted by molar-refractivity contribution is 7.89. The Morgan fingerprint density at radius 3 is 2.59 bits per heavy atom. The van der Waals surface area contributed by atoms with Crippen molar-refractivity contribution in [3.8, 4) is 0 Å². The SMILES string of the molecule is CN(CC(=O)NC1CCCC1)S(=O)(=O)c1cc(Cl)ccc1Cl.